The number of para-hydroxylation sites is 1. The molecular formula is C22H29BrN4O. The van der Waals surface area contributed by atoms with Crippen molar-refractivity contribution in [3.05, 3.63) is 58.6 Å². The van der Waals surface area contributed by atoms with Crippen LogP contribution in [-0.4, -0.2) is 46.3 Å². The first-order valence-corrected chi connectivity index (χ1v) is 10.6. The molecule has 0 saturated carbocycles. The molecule has 3 rings (SSSR count). The zero-order valence-electron chi connectivity index (χ0n) is 16.6. The van der Waals surface area contributed by atoms with Crippen molar-refractivity contribution in [2.24, 2.45) is 10.9 Å². The van der Waals surface area contributed by atoms with Crippen LogP contribution in [-0.2, 0) is 6.42 Å². The van der Waals surface area contributed by atoms with Gasteiger partial charge in [-0.05, 0) is 48.6 Å². The minimum absolute atomic E-state index is 0.617. The van der Waals surface area contributed by atoms with Crippen molar-refractivity contribution in [1.29, 1.82) is 0 Å². The third kappa shape index (κ3) is 5.64. The molecule has 0 bridgehead atoms. The number of halogens is 1. The molecule has 28 heavy (non-hydrogen) atoms. The number of nitrogens with zero attached hydrogens (tertiary/aromatic N) is 2. The highest BCUT2D eigenvalue weighted by atomic mass is 79.9. The van der Waals surface area contributed by atoms with Gasteiger partial charge in [-0.15, -0.1) is 0 Å². The highest BCUT2D eigenvalue weighted by molar-refractivity contribution is 9.10. The van der Waals surface area contributed by atoms with Crippen LogP contribution in [0.1, 0.15) is 12.0 Å². The van der Waals surface area contributed by atoms with Crippen LogP contribution in [0, 0.1) is 5.92 Å². The Kier molecular flexibility index (Phi) is 7.60. The fraction of sp³-hybridized carbons (Fsp3) is 0.409. The summed E-state index contributed by atoms with van der Waals surface area (Å²) in [6.45, 7) is 3.91. The first kappa shape index (κ1) is 20.5. The lowest BCUT2D eigenvalue weighted by atomic mass is 10.1. The fourth-order valence-electron chi connectivity index (χ4n) is 3.59. The molecule has 2 aromatic carbocycles. The summed E-state index contributed by atoms with van der Waals surface area (Å²) >= 11 is 3.56. The van der Waals surface area contributed by atoms with E-state index in [9.17, 15) is 0 Å². The zero-order chi connectivity index (χ0) is 19.8. The molecule has 2 aromatic rings. The van der Waals surface area contributed by atoms with Crippen molar-refractivity contribution >= 4 is 27.6 Å². The second kappa shape index (κ2) is 10.4. The van der Waals surface area contributed by atoms with Crippen molar-refractivity contribution in [2.75, 3.05) is 45.2 Å². The lowest BCUT2D eigenvalue weighted by molar-refractivity contribution is 0.409. The summed E-state index contributed by atoms with van der Waals surface area (Å²) in [4.78, 5) is 6.81. The standard InChI is InChI=1S/C22H29BrN4O/c1-24-22(25-12-10-18-6-3-4-9-21(18)28-2)26-15-17-11-13-27(16-17)20-8-5-7-19(23)14-20/h3-9,14,17H,10-13,15-16H2,1-2H3,(H2,24,25,26). The van der Waals surface area contributed by atoms with Gasteiger partial charge < -0.3 is 20.3 Å². The summed E-state index contributed by atoms with van der Waals surface area (Å²) in [6.07, 6.45) is 2.09. The molecule has 1 aliphatic rings. The molecule has 6 heteroatoms. The maximum atomic E-state index is 5.42. The molecule has 1 fully saturated rings. The Morgan fingerprint density at radius 2 is 2.07 bits per heavy atom. The molecule has 2 N–H and O–H groups in total. The number of nitrogens with one attached hydrogen (secondary N) is 2. The van der Waals surface area contributed by atoms with Crippen LogP contribution in [0.5, 0.6) is 5.75 Å². The van der Waals surface area contributed by atoms with Crippen LogP contribution in [0.15, 0.2) is 58.0 Å². The van der Waals surface area contributed by atoms with E-state index >= 15 is 0 Å². The van der Waals surface area contributed by atoms with Crippen LogP contribution in [0.3, 0.4) is 0 Å². The summed E-state index contributed by atoms with van der Waals surface area (Å²) in [7, 11) is 3.53. The van der Waals surface area contributed by atoms with Gasteiger partial charge in [0.05, 0.1) is 7.11 Å². The Bertz CT molecular complexity index is 796. The van der Waals surface area contributed by atoms with Crippen molar-refractivity contribution in [1.82, 2.24) is 10.6 Å². The van der Waals surface area contributed by atoms with E-state index in [2.05, 4.69) is 66.8 Å². The molecule has 1 saturated heterocycles. The van der Waals surface area contributed by atoms with E-state index in [1.807, 2.05) is 25.2 Å². The van der Waals surface area contributed by atoms with Gasteiger partial charge in [0.25, 0.3) is 0 Å². The SMILES string of the molecule is CN=C(NCCc1ccccc1OC)NCC1CCN(c2cccc(Br)c2)C1. The molecule has 0 aliphatic carbocycles. The molecule has 0 aromatic heterocycles. The van der Waals surface area contributed by atoms with Crippen LogP contribution in [0.25, 0.3) is 0 Å². The van der Waals surface area contributed by atoms with Gasteiger partial charge in [-0.1, -0.05) is 40.2 Å². The fourth-order valence-corrected chi connectivity index (χ4v) is 3.98. The highest BCUT2D eigenvalue weighted by Gasteiger charge is 2.22. The van der Waals surface area contributed by atoms with E-state index in [4.69, 9.17) is 4.74 Å². The Morgan fingerprint density at radius 3 is 2.86 bits per heavy atom. The predicted molar refractivity (Wildman–Crippen MR) is 121 cm³/mol. The topological polar surface area (TPSA) is 48.9 Å². The van der Waals surface area contributed by atoms with E-state index in [1.165, 1.54) is 17.7 Å². The van der Waals surface area contributed by atoms with Gasteiger partial charge in [0.1, 0.15) is 5.75 Å². The van der Waals surface area contributed by atoms with E-state index in [-0.39, 0.29) is 0 Å². The van der Waals surface area contributed by atoms with E-state index in [0.717, 1.165) is 48.8 Å². The molecule has 1 atom stereocenters. The highest BCUT2D eigenvalue weighted by Crippen LogP contribution is 2.25. The summed E-state index contributed by atoms with van der Waals surface area (Å²) in [5, 5.41) is 6.89. The van der Waals surface area contributed by atoms with Gasteiger partial charge in [0.2, 0.25) is 0 Å². The van der Waals surface area contributed by atoms with Crippen molar-refractivity contribution in [2.45, 2.75) is 12.8 Å². The van der Waals surface area contributed by atoms with Gasteiger partial charge >= 0.3 is 0 Å². The number of ether oxygens (including phenoxy) is 1. The third-order valence-electron chi connectivity index (χ3n) is 5.12. The lowest BCUT2D eigenvalue weighted by Gasteiger charge is -2.20. The van der Waals surface area contributed by atoms with Gasteiger partial charge in [-0.2, -0.15) is 0 Å². The van der Waals surface area contributed by atoms with Gasteiger partial charge in [-0.25, -0.2) is 0 Å². The maximum absolute atomic E-state index is 5.42. The summed E-state index contributed by atoms with van der Waals surface area (Å²) in [5.74, 6) is 2.41. The van der Waals surface area contributed by atoms with Crippen molar-refractivity contribution in [3.63, 3.8) is 0 Å². The number of rotatable bonds is 7. The summed E-state index contributed by atoms with van der Waals surface area (Å²) in [6, 6.07) is 16.7. The van der Waals surface area contributed by atoms with Crippen molar-refractivity contribution in [3.8, 4) is 5.75 Å². The van der Waals surface area contributed by atoms with Gasteiger partial charge in [0.15, 0.2) is 5.96 Å². The van der Waals surface area contributed by atoms with Crippen molar-refractivity contribution < 1.29 is 4.74 Å². The number of hydrogen-bond donors (Lipinski definition) is 2. The van der Waals surface area contributed by atoms with E-state index in [1.54, 1.807) is 7.11 Å². The number of aliphatic imine (C=N–C) groups is 1. The third-order valence-corrected chi connectivity index (χ3v) is 5.61. The second-order valence-corrected chi connectivity index (χ2v) is 7.94. The molecule has 0 spiro atoms. The van der Waals surface area contributed by atoms with Crippen LogP contribution < -0.4 is 20.3 Å². The minimum Gasteiger partial charge on any atom is -0.496 e. The first-order valence-electron chi connectivity index (χ1n) is 9.76. The quantitative estimate of drug-likeness (QED) is 0.504. The van der Waals surface area contributed by atoms with Crippen LogP contribution >= 0.6 is 15.9 Å². The number of anilines is 1. The number of benzene rings is 2. The Labute approximate surface area is 176 Å². The molecule has 1 heterocycles. The normalized spacial score (nSPS) is 16.9. The lowest BCUT2D eigenvalue weighted by Crippen LogP contribution is -2.41. The number of methoxy groups -OCH3 is 1. The largest absolute Gasteiger partial charge is 0.496 e. The smallest absolute Gasteiger partial charge is 0.190 e. The monoisotopic (exact) mass is 444 g/mol. The summed E-state index contributed by atoms with van der Waals surface area (Å²) in [5.41, 5.74) is 2.49. The number of guanidine groups is 1. The summed E-state index contributed by atoms with van der Waals surface area (Å²) < 4.78 is 6.55. The molecular weight excluding hydrogens is 416 g/mol. The van der Waals surface area contributed by atoms with Crippen LogP contribution in [0.2, 0.25) is 0 Å². The average Bonchev–Trinajstić information content (AvgIpc) is 3.20. The molecule has 0 radical (unpaired) electrons. The second-order valence-electron chi connectivity index (χ2n) is 7.02. The Hall–Kier alpha value is -2.21. The Morgan fingerprint density at radius 1 is 1.21 bits per heavy atom. The number of hydrogen-bond acceptors (Lipinski definition) is 3. The van der Waals surface area contributed by atoms with E-state index < -0.39 is 0 Å². The molecule has 1 unspecified atom stereocenters. The molecule has 5 nitrogen and oxygen atoms in total. The van der Waals surface area contributed by atoms with Crippen LogP contribution in [0.4, 0.5) is 5.69 Å². The zero-order valence-corrected chi connectivity index (χ0v) is 18.2. The first-order chi connectivity index (χ1) is 13.7. The maximum Gasteiger partial charge on any atom is 0.190 e. The predicted octanol–water partition coefficient (Wildman–Crippen LogP) is 3.69. The average molecular weight is 445 g/mol. The van der Waals surface area contributed by atoms with E-state index in [0.29, 0.717) is 5.92 Å². The molecule has 1 aliphatic heterocycles. The van der Waals surface area contributed by atoms with Gasteiger partial charge in [-0.3, -0.25) is 4.99 Å². The minimum atomic E-state index is 0.617. The van der Waals surface area contributed by atoms with Gasteiger partial charge in [0, 0.05) is 43.4 Å². The Balaban J connectivity index is 1.42. The molecule has 150 valence electrons. The molecule has 0 amide bonds.